The summed E-state index contributed by atoms with van der Waals surface area (Å²) >= 11 is 13.7. The van der Waals surface area contributed by atoms with Crippen LogP contribution in [0.15, 0.2) is 172 Å². The van der Waals surface area contributed by atoms with Crippen LogP contribution in [0.1, 0.15) is 65.1 Å². The number of anilines is 3. The van der Waals surface area contributed by atoms with E-state index in [0.29, 0.717) is 28.3 Å². The lowest BCUT2D eigenvalue weighted by molar-refractivity contribution is -0.685. The van der Waals surface area contributed by atoms with Gasteiger partial charge in [0, 0.05) is 72.8 Å². The van der Waals surface area contributed by atoms with Crippen LogP contribution >= 0.6 is 103 Å². The van der Waals surface area contributed by atoms with Crippen LogP contribution < -0.4 is 92.9 Å². The number of rotatable bonds is 10. The maximum atomic E-state index is 14.3. The second-order valence-electron chi connectivity index (χ2n) is 21.5. The van der Waals surface area contributed by atoms with Crippen LogP contribution in [0.25, 0.3) is 33.3 Å². The molecule has 0 amide bonds. The number of hydrogen-bond donors (Lipinski definition) is 0. The lowest BCUT2D eigenvalue weighted by atomic mass is 10.2. The summed E-state index contributed by atoms with van der Waals surface area (Å²) in [5.41, 5.74) is 7.23. The van der Waals surface area contributed by atoms with Crippen LogP contribution in [0, 0.1) is 24.4 Å². The molecule has 1 fully saturated rings. The van der Waals surface area contributed by atoms with Crippen LogP contribution in [0.5, 0.6) is 0 Å². The number of nitrogens with zero attached hydrogens (tertiary/aromatic N) is 9. The third kappa shape index (κ3) is 13.9. The molecule has 7 aromatic heterocycles. The van der Waals surface area contributed by atoms with Crippen LogP contribution in [-0.2, 0) is 26.2 Å². The summed E-state index contributed by atoms with van der Waals surface area (Å²) in [4.78, 5) is 52.3. The number of aromatic nitrogens is 6. The quantitative estimate of drug-likeness (QED) is 0.183. The molecule has 0 radical (unpaired) electrons. The van der Waals surface area contributed by atoms with Gasteiger partial charge in [-0.25, -0.2) is 13.2 Å². The first kappa shape index (κ1) is 67.7. The minimum absolute atomic E-state index is 0. The minimum atomic E-state index is -0.884. The third-order valence-electron chi connectivity index (χ3n) is 15.5. The summed E-state index contributed by atoms with van der Waals surface area (Å²) in [6, 6.07) is 32.4. The number of hydrogen-bond acceptors (Lipinski definition) is 16. The van der Waals surface area contributed by atoms with E-state index in [1.807, 2.05) is 90.0 Å². The molecule has 0 N–H and O–H groups in total. The van der Waals surface area contributed by atoms with Gasteiger partial charge in [-0.05, 0) is 111 Å². The molecule has 15 rings (SSSR count). The molecule has 93 heavy (non-hydrogen) atoms. The molecule has 478 valence electrons. The first-order valence-electron chi connectivity index (χ1n) is 29.1. The SMILES string of the molecule is CCn1c(=O)/c(=C2\Sc3c(ccc(F)c3F)N2C)s/c1=C\c1scc[n+]1Cc1ccsc1.CCn1c(=O)/c(=C2\Sc3cc(C)ccc3N2C)s/c1=C\c1ccccn1.CN1/C(=c2\s/c(=C\c3scc[n+]3Cc3ccccc3)n(C3CC3)c2=O)Sc2cc(F)ccc21.[Cl-].[Cl-]. The number of aryl methyl sites for hydroxylation is 1. The lowest BCUT2D eigenvalue weighted by Gasteiger charge is -2.12. The van der Waals surface area contributed by atoms with Crippen LogP contribution in [0.4, 0.5) is 30.2 Å². The van der Waals surface area contributed by atoms with Gasteiger partial charge in [0.2, 0.25) is 0 Å². The van der Waals surface area contributed by atoms with E-state index in [9.17, 15) is 27.6 Å². The third-order valence-corrected chi connectivity index (χ3v) is 25.3. The average Bonchev–Trinajstić information content (AvgIpc) is 1.62. The molecule has 0 bridgehead atoms. The van der Waals surface area contributed by atoms with Gasteiger partial charge in [0.25, 0.3) is 26.7 Å². The smallest absolute Gasteiger partial charge is 0.272 e. The van der Waals surface area contributed by atoms with Crippen molar-refractivity contribution in [1.82, 2.24) is 18.7 Å². The second kappa shape index (κ2) is 29.1. The summed E-state index contributed by atoms with van der Waals surface area (Å²) in [5.74, 6) is -2.02. The van der Waals surface area contributed by atoms with E-state index >= 15 is 0 Å². The molecule has 26 heteroatoms. The van der Waals surface area contributed by atoms with Crippen LogP contribution in [-0.4, -0.2) is 39.8 Å². The molecule has 0 unspecified atom stereocenters. The van der Waals surface area contributed by atoms with Gasteiger partial charge in [0.15, 0.2) is 37.1 Å². The fourth-order valence-corrected chi connectivity index (χ4v) is 20.6. The Morgan fingerprint density at radius 2 is 1.13 bits per heavy atom. The van der Waals surface area contributed by atoms with Crippen molar-refractivity contribution in [2.45, 2.75) is 80.5 Å². The highest BCUT2D eigenvalue weighted by Crippen LogP contribution is 2.48. The molecular formula is C67H58Cl2F3N9O3S9. The zero-order chi connectivity index (χ0) is 63.2. The molecule has 1 aliphatic carbocycles. The Morgan fingerprint density at radius 1 is 0.581 bits per heavy atom. The molecule has 0 atom stereocenters. The monoisotopic (exact) mass is 1450 g/mol. The van der Waals surface area contributed by atoms with E-state index in [0.717, 1.165) is 109 Å². The Labute approximate surface area is 582 Å². The van der Waals surface area contributed by atoms with Crippen molar-refractivity contribution in [3.05, 3.63) is 252 Å². The summed E-state index contributed by atoms with van der Waals surface area (Å²) in [5, 5.41) is 13.0. The van der Waals surface area contributed by atoms with E-state index in [4.69, 9.17) is 0 Å². The first-order valence-corrected chi connectivity index (χ1v) is 36.7. The van der Waals surface area contributed by atoms with Gasteiger partial charge >= 0.3 is 0 Å². The summed E-state index contributed by atoms with van der Waals surface area (Å²) in [6.45, 7) is 8.75. The molecule has 10 heterocycles. The fraction of sp³-hybridized carbons (Fsp3) is 0.194. The van der Waals surface area contributed by atoms with E-state index in [1.165, 1.54) is 73.4 Å². The van der Waals surface area contributed by atoms with Gasteiger partial charge in [-0.15, -0.1) is 34.0 Å². The van der Waals surface area contributed by atoms with Crippen molar-refractivity contribution in [1.29, 1.82) is 0 Å². The summed E-state index contributed by atoms with van der Waals surface area (Å²) in [7, 11) is 5.75. The standard InChI is InChI=1S/C25H21FN3OS3.C22H18F2N3OS4.C20H19N3OS2.2ClH/c1-27-19-10-7-17(26)13-20(19)32-25(27)23-24(30)29(18-8-9-18)22(33-23)14-21-28(11-12-31-21)15-16-5-3-2-4-6-16;1-3-27-17(10-16-26(7-9-30-16)11-13-6-8-29-12-13)31-20(21(27)28)22-25(2)15-5-4-14(23)18(24)19(15)32-22;1-4-23-17(12-14-7-5-6-10-21-14)26-18(19(23)24)20-22(3)15-9-8-13(2)11-16(15)25-20;;/h2-7,10-14,18H,8-9,15H2,1H3;4-10,12H,3,11H2,1-2H3;5-12H,4H2,1-3H3;2*1H/q2*+1;;;/p-2/b25-23+;22-20+;17-12-,20-18+;;. The van der Waals surface area contributed by atoms with Gasteiger partial charge in [-0.2, -0.15) is 20.5 Å². The van der Waals surface area contributed by atoms with E-state index in [-0.39, 0.29) is 58.2 Å². The molecule has 1 saturated carbocycles. The Bertz CT molecular complexity index is 5200. The summed E-state index contributed by atoms with van der Waals surface area (Å²) < 4.78 is 56.5. The number of thiophene rings is 1. The van der Waals surface area contributed by atoms with Gasteiger partial charge in [0.1, 0.15) is 48.5 Å². The number of benzene rings is 4. The fourth-order valence-electron chi connectivity index (χ4n) is 10.7. The van der Waals surface area contributed by atoms with Gasteiger partial charge in [-0.3, -0.25) is 33.1 Å². The maximum absolute atomic E-state index is 14.3. The van der Waals surface area contributed by atoms with E-state index < -0.39 is 11.6 Å². The Balaban J connectivity index is 0.000000142. The zero-order valence-electron chi connectivity index (χ0n) is 50.7. The summed E-state index contributed by atoms with van der Waals surface area (Å²) in [6.07, 6.45) is 14.1. The normalized spacial score (nSPS) is 16.2. The molecule has 0 spiro atoms. The largest absolute Gasteiger partial charge is 1.00 e. The van der Waals surface area contributed by atoms with Crippen molar-refractivity contribution in [2.75, 3.05) is 35.8 Å². The molecular weight excluding hydrogens is 1400 g/mol. The van der Waals surface area contributed by atoms with Gasteiger partial charge in [0.05, 0.1) is 50.6 Å². The number of thiazole rings is 5. The Kier molecular flexibility index (Phi) is 21.2. The van der Waals surface area contributed by atoms with Crippen molar-refractivity contribution in [3.63, 3.8) is 0 Å². The molecule has 0 saturated heterocycles. The molecule has 4 aliphatic rings. The highest BCUT2D eigenvalue weighted by molar-refractivity contribution is 8.09. The Morgan fingerprint density at radius 3 is 1.73 bits per heavy atom. The Hall–Kier alpha value is -6.68. The molecule has 4 aromatic carbocycles. The number of halogens is 5. The number of thioether (sulfide) groups is 3. The lowest BCUT2D eigenvalue weighted by Crippen LogP contribution is -3.00. The minimum Gasteiger partial charge on any atom is -1.00 e. The maximum Gasteiger partial charge on any atom is 0.272 e. The van der Waals surface area contributed by atoms with Crippen molar-refractivity contribution < 1.29 is 47.1 Å². The highest BCUT2D eigenvalue weighted by atomic mass is 35.5. The first-order chi connectivity index (χ1) is 44.1. The van der Waals surface area contributed by atoms with Crippen molar-refractivity contribution >= 4 is 154 Å². The predicted molar refractivity (Wildman–Crippen MR) is 373 cm³/mol. The molecule has 3 aliphatic heterocycles. The van der Waals surface area contributed by atoms with Gasteiger partial charge < -0.3 is 39.5 Å². The second-order valence-corrected chi connectivity index (χ2v) is 30.3. The van der Waals surface area contributed by atoms with Crippen molar-refractivity contribution in [3.8, 4) is 0 Å². The average molecular weight is 1450 g/mol. The van der Waals surface area contributed by atoms with Crippen LogP contribution in [0.2, 0.25) is 0 Å². The van der Waals surface area contributed by atoms with Gasteiger partial charge in [-0.1, -0.05) is 100 Å². The molecule has 12 nitrogen and oxygen atoms in total. The molecule has 11 aromatic rings. The topological polar surface area (TPSA) is 96.4 Å². The number of fused-ring (bicyclic) bond motifs is 3. The van der Waals surface area contributed by atoms with E-state index in [2.05, 4.69) is 103 Å². The van der Waals surface area contributed by atoms with Crippen LogP contribution in [0.3, 0.4) is 0 Å². The number of pyridine rings is 1. The predicted octanol–water partition coefficient (Wildman–Crippen LogP) is 4.50. The zero-order valence-corrected chi connectivity index (χ0v) is 59.6. The highest BCUT2D eigenvalue weighted by Gasteiger charge is 2.32. The van der Waals surface area contributed by atoms with Crippen molar-refractivity contribution in [2.24, 2.45) is 0 Å². The van der Waals surface area contributed by atoms with E-state index in [1.54, 1.807) is 86.7 Å².